The molecule has 2 nitrogen and oxygen atoms in total. The lowest BCUT2D eigenvalue weighted by Crippen LogP contribution is -2.50. The van der Waals surface area contributed by atoms with Crippen LogP contribution in [0.5, 0.6) is 0 Å². The van der Waals surface area contributed by atoms with Crippen molar-refractivity contribution in [2.45, 2.75) is 82.3 Å². The zero-order valence-electron chi connectivity index (χ0n) is 13.6. The van der Waals surface area contributed by atoms with Crippen molar-refractivity contribution >= 4 is 11.8 Å². The van der Waals surface area contributed by atoms with Crippen LogP contribution in [0.1, 0.15) is 71.1 Å². The molecule has 2 aliphatic heterocycles. The smallest absolute Gasteiger partial charge is 0.0702 e. The molecule has 0 aromatic heterocycles. The lowest BCUT2D eigenvalue weighted by Gasteiger charge is -2.48. The molecule has 3 rings (SSSR count). The maximum absolute atomic E-state index is 11.3. The van der Waals surface area contributed by atoms with Gasteiger partial charge in [-0.2, -0.15) is 11.8 Å². The van der Waals surface area contributed by atoms with E-state index in [-0.39, 0.29) is 5.60 Å². The molecular weight excluding hydrogens is 280 g/mol. The van der Waals surface area contributed by atoms with Crippen molar-refractivity contribution in [3.05, 3.63) is 0 Å². The minimum absolute atomic E-state index is 0.111. The van der Waals surface area contributed by atoms with Crippen LogP contribution in [0.25, 0.3) is 0 Å². The number of thioether (sulfide) groups is 1. The third kappa shape index (κ3) is 3.61. The number of rotatable bonds is 2. The van der Waals surface area contributed by atoms with Gasteiger partial charge in [-0.1, -0.05) is 26.2 Å². The molecule has 122 valence electrons. The Morgan fingerprint density at radius 1 is 1.10 bits per heavy atom. The molecule has 3 unspecified atom stereocenters. The first kappa shape index (κ1) is 16.1. The van der Waals surface area contributed by atoms with Gasteiger partial charge >= 0.3 is 0 Å². The summed E-state index contributed by atoms with van der Waals surface area (Å²) in [4.78, 5) is 0. The highest BCUT2D eigenvalue weighted by Gasteiger charge is 2.46. The van der Waals surface area contributed by atoms with E-state index in [4.69, 9.17) is 4.74 Å². The van der Waals surface area contributed by atoms with Gasteiger partial charge in [0.05, 0.1) is 11.2 Å². The van der Waals surface area contributed by atoms with Crippen molar-refractivity contribution in [2.24, 2.45) is 11.8 Å². The zero-order valence-corrected chi connectivity index (χ0v) is 14.4. The molecule has 0 radical (unpaired) electrons. The van der Waals surface area contributed by atoms with Gasteiger partial charge in [-0.3, -0.25) is 0 Å². The molecule has 2 saturated heterocycles. The van der Waals surface area contributed by atoms with Crippen molar-refractivity contribution in [1.29, 1.82) is 0 Å². The first-order valence-corrected chi connectivity index (χ1v) is 10.3. The topological polar surface area (TPSA) is 29.5 Å². The predicted octanol–water partition coefficient (Wildman–Crippen LogP) is 4.40. The van der Waals surface area contributed by atoms with Crippen molar-refractivity contribution in [2.75, 3.05) is 18.1 Å². The van der Waals surface area contributed by atoms with Crippen LogP contribution in [0.4, 0.5) is 0 Å². The predicted molar refractivity (Wildman–Crippen MR) is 89.8 cm³/mol. The normalized spacial score (nSPS) is 40.9. The highest BCUT2D eigenvalue weighted by Crippen LogP contribution is 2.47. The molecule has 0 amide bonds. The summed E-state index contributed by atoms with van der Waals surface area (Å²) in [7, 11) is 0. The van der Waals surface area contributed by atoms with Gasteiger partial charge in [0.25, 0.3) is 0 Å². The number of ether oxygens (including phenoxy) is 1. The molecule has 1 N–H and O–H groups in total. The van der Waals surface area contributed by atoms with E-state index in [2.05, 4.69) is 18.7 Å². The average Bonchev–Trinajstić information content (AvgIpc) is 2.71. The minimum Gasteiger partial charge on any atom is -0.390 e. The first-order chi connectivity index (χ1) is 10.2. The quantitative estimate of drug-likeness (QED) is 0.766. The van der Waals surface area contributed by atoms with Crippen LogP contribution < -0.4 is 0 Å². The Bertz CT molecular complexity index is 335. The first-order valence-electron chi connectivity index (χ1n) is 9.10. The second kappa shape index (κ2) is 6.80. The van der Waals surface area contributed by atoms with Gasteiger partial charge in [0.1, 0.15) is 0 Å². The van der Waals surface area contributed by atoms with Gasteiger partial charge in [-0.25, -0.2) is 0 Å². The van der Waals surface area contributed by atoms with Gasteiger partial charge in [0.2, 0.25) is 0 Å². The van der Waals surface area contributed by atoms with Crippen LogP contribution >= 0.6 is 11.8 Å². The molecule has 0 aromatic carbocycles. The third-order valence-electron chi connectivity index (χ3n) is 6.44. The van der Waals surface area contributed by atoms with Gasteiger partial charge in [-0.15, -0.1) is 0 Å². The Labute approximate surface area is 134 Å². The molecular formula is C18H32O2S. The van der Waals surface area contributed by atoms with E-state index in [0.29, 0.717) is 5.92 Å². The fourth-order valence-corrected chi connectivity index (χ4v) is 6.05. The van der Waals surface area contributed by atoms with E-state index < -0.39 is 5.60 Å². The van der Waals surface area contributed by atoms with Crippen molar-refractivity contribution < 1.29 is 9.84 Å². The van der Waals surface area contributed by atoms with E-state index in [1.807, 2.05) is 0 Å². The van der Waals surface area contributed by atoms with E-state index in [1.165, 1.54) is 50.0 Å². The van der Waals surface area contributed by atoms with E-state index in [1.54, 1.807) is 0 Å². The highest BCUT2D eigenvalue weighted by atomic mass is 32.2. The molecule has 2 heterocycles. The summed E-state index contributed by atoms with van der Waals surface area (Å²) < 4.78 is 6.22. The fourth-order valence-electron chi connectivity index (χ4n) is 4.82. The summed E-state index contributed by atoms with van der Waals surface area (Å²) in [6, 6.07) is 0. The van der Waals surface area contributed by atoms with Crippen LogP contribution in [-0.2, 0) is 4.74 Å². The van der Waals surface area contributed by atoms with Crippen molar-refractivity contribution in [3.8, 4) is 0 Å². The molecule has 0 bridgehead atoms. The Morgan fingerprint density at radius 3 is 2.67 bits per heavy atom. The summed E-state index contributed by atoms with van der Waals surface area (Å²) in [5.74, 6) is 3.80. The standard InChI is InChI=1S/C18H32O2S/c1-2-15-4-3-7-18(19,8-5-15)16-6-11-20-17(14-16)9-12-21-13-10-17/h15-16,19H,2-14H2,1H3. The third-order valence-corrected chi connectivity index (χ3v) is 7.43. The van der Waals surface area contributed by atoms with E-state index in [0.717, 1.165) is 38.2 Å². The molecule has 3 atom stereocenters. The fraction of sp³-hybridized carbons (Fsp3) is 1.00. The Balaban J connectivity index is 1.67. The van der Waals surface area contributed by atoms with Crippen LogP contribution in [-0.4, -0.2) is 34.4 Å². The monoisotopic (exact) mass is 312 g/mol. The zero-order chi connectivity index (χ0) is 14.8. The van der Waals surface area contributed by atoms with Crippen molar-refractivity contribution in [1.82, 2.24) is 0 Å². The average molecular weight is 313 g/mol. The number of hydrogen-bond donors (Lipinski definition) is 1. The molecule has 21 heavy (non-hydrogen) atoms. The van der Waals surface area contributed by atoms with Gasteiger partial charge < -0.3 is 9.84 Å². The lowest BCUT2D eigenvalue weighted by molar-refractivity contribution is -0.150. The maximum Gasteiger partial charge on any atom is 0.0702 e. The van der Waals surface area contributed by atoms with Crippen LogP contribution in [0.2, 0.25) is 0 Å². The summed E-state index contributed by atoms with van der Waals surface area (Å²) in [6.07, 6.45) is 11.7. The molecule has 1 saturated carbocycles. The molecule has 1 aliphatic carbocycles. The number of aliphatic hydroxyl groups is 1. The second-order valence-corrected chi connectivity index (χ2v) is 8.87. The highest BCUT2D eigenvalue weighted by molar-refractivity contribution is 7.99. The Hall–Kier alpha value is 0.270. The van der Waals surface area contributed by atoms with Crippen molar-refractivity contribution in [3.63, 3.8) is 0 Å². The molecule has 3 aliphatic rings. The summed E-state index contributed by atoms with van der Waals surface area (Å²) in [5.41, 5.74) is -0.286. The van der Waals surface area contributed by atoms with Crippen LogP contribution in [0.3, 0.4) is 0 Å². The largest absolute Gasteiger partial charge is 0.390 e. The summed E-state index contributed by atoms with van der Waals surface area (Å²) in [5, 5.41) is 11.3. The summed E-state index contributed by atoms with van der Waals surface area (Å²) in [6.45, 7) is 3.17. The maximum atomic E-state index is 11.3. The number of hydrogen-bond acceptors (Lipinski definition) is 3. The molecule has 3 heteroatoms. The molecule has 3 fully saturated rings. The molecule has 0 aromatic rings. The van der Waals surface area contributed by atoms with E-state index in [9.17, 15) is 5.11 Å². The summed E-state index contributed by atoms with van der Waals surface area (Å²) >= 11 is 2.06. The van der Waals surface area contributed by atoms with Crippen LogP contribution in [0, 0.1) is 11.8 Å². The van der Waals surface area contributed by atoms with Crippen LogP contribution in [0.15, 0.2) is 0 Å². The van der Waals surface area contributed by atoms with Gasteiger partial charge in [0, 0.05) is 6.61 Å². The van der Waals surface area contributed by atoms with Gasteiger partial charge in [0.15, 0.2) is 0 Å². The van der Waals surface area contributed by atoms with Gasteiger partial charge in [-0.05, 0) is 68.3 Å². The Kier molecular flexibility index (Phi) is 5.23. The minimum atomic E-state index is -0.398. The Morgan fingerprint density at radius 2 is 1.90 bits per heavy atom. The molecule has 1 spiro atoms. The van der Waals surface area contributed by atoms with E-state index >= 15 is 0 Å². The lowest BCUT2D eigenvalue weighted by atomic mass is 9.71. The second-order valence-electron chi connectivity index (χ2n) is 7.64. The SMILES string of the molecule is CCC1CCCC(O)(C2CCOC3(CCSCC3)C2)CC1.